The minimum atomic E-state index is -0.645. The molecule has 1 amide bonds. The Morgan fingerprint density at radius 1 is 1.32 bits per heavy atom. The van der Waals surface area contributed by atoms with Gasteiger partial charge in [-0.25, -0.2) is 4.98 Å². The first kappa shape index (κ1) is 18.8. The number of hydrogen-bond donors (Lipinski definition) is 3. The van der Waals surface area contributed by atoms with Gasteiger partial charge in [0.25, 0.3) is 5.56 Å². The highest BCUT2D eigenvalue weighted by Crippen LogP contribution is 2.49. The molecule has 148 valence electrons. The van der Waals surface area contributed by atoms with Crippen molar-refractivity contribution in [3.63, 3.8) is 0 Å². The minimum absolute atomic E-state index is 0.0418. The third kappa shape index (κ3) is 2.86. The fourth-order valence-corrected chi connectivity index (χ4v) is 4.86. The van der Waals surface area contributed by atoms with Gasteiger partial charge in [0, 0.05) is 29.8 Å². The van der Waals surface area contributed by atoms with Crippen molar-refractivity contribution >= 4 is 5.91 Å². The van der Waals surface area contributed by atoms with E-state index in [0.29, 0.717) is 43.0 Å². The summed E-state index contributed by atoms with van der Waals surface area (Å²) in [4.78, 5) is 33.7. The molecule has 1 aliphatic heterocycles. The number of amides is 1. The molecule has 7 nitrogen and oxygen atoms in total. The predicted molar refractivity (Wildman–Crippen MR) is 105 cm³/mol. The zero-order valence-corrected chi connectivity index (χ0v) is 16.2. The number of benzene rings is 1. The molecule has 4 rings (SSSR count). The molecular weight excluding hydrogens is 356 g/mol. The van der Waals surface area contributed by atoms with Crippen LogP contribution in [0.4, 0.5) is 0 Å². The van der Waals surface area contributed by atoms with Gasteiger partial charge in [0.1, 0.15) is 5.82 Å². The topological polar surface area (TPSA) is 112 Å². The summed E-state index contributed by atoms with van der Waals surface area (Å²) in [6, 6.07) is 7.55. The number of aliphatic hydroxyl groups excluding tert-OH is 1. The van der Waals surface area contributed by atoms with Crippen molar-refractivity contribution in [3.8, 4) is 0 Å². The van der Waals surface area contributed by atoms with Crippen LogP contribution in [0.1, 0.15) is 47.1 Å². The van der Waals surface area contributed by atoms with Crippen LogP contribution in [0.5, 0.6) is 0 Å². The number of H-pyrrole nitrogens is 1. The molecule has 28 heavy (non-hydrogen) atoms. The SMILES string of the molecule is Cc1nc(C)c(CC(=O)N2CCC3(CC2)c2ccccc2[C@@H](N)[C@@H]3O)c(=O)[nH]1. The number of carbonyl (C=O) groups is 1. The molecule has 1 aromatic carbocycles. The van der Waals surface area contributed by atoms with Crippen LogP contribution in [0.2, 0.25) is 0 Å². The molecular formula is C21H26N4O3. The molecule has 1 fully saturated rings. The minimum Gasteiger partial charge on any atom is -0.390 e. The van der Waals surface area contributed by atoms with Gasteiger partial charge in [-0.2, -0.15) is 0 Å². The van der Waals surface area contributed by atoms with Crippen molar-refractivity contribution in [1.29, 1.82) is 0 Å². The van der Waals surface area contributed by atoms with E-state index in [0.717, 1.165) is 11.1 Å². The molecule has 1 spiro atoms. The van der Waals surface area contributed by atoms with Crippen LogP contribution in [0, 0.1) is 13.8 Å². The number of aromatic amines is 1. The second-order valence-corrected chi connectivity index (χ2v) is 7.99. The number of hydrogen-bond acceptors (Lipinski definition) is 5. The lowest BCUT2D eigenvalue weighted by atomic mass is 9.72. The molecule has 2 aliphatic rings. The van der Waals surface area contributed by atoms with Crippen molar-refractivity contribution in [2.45, 2.75) is 50.7 Å². The average molecular weight is 382 g/mol. The van der Waals surface area contributed by atoms with Crippen LogP contribution in [0.25, 0.3) is 0 Å². The number of nitrogens with zero attached hydrogens (tertiary/aromatic N) is 2. The predicted octanol–water partition coefficient (Wildman–Crippen LogP) is 0.864. The number of piperidine rings is 1. The van der Waals surface area contributed by atoms with Gasteiger partial charge in [-0.05, 0) is 37.8 Å². The molecule has 2 aromatic rings. The second kappa shape index (κ2) is 6.83. The van der Waals surface area contributed by atoms with Gasteiger partial charge in [-0.3, -0.25) is 9.59 Å². The molecule has 0 radical (unpaired) electrons. The van der Waals surface area contributed by atoms with Crippen molar-refractivity contribution in [2.24, 2.45) is 5.73 Å². The quantitative estimate of drug-likeness (QED) is 0.713. The van der Waals surface area contributed by atoms with Crippen molar-refractivity contribution < 1.29 is 9.90 Å². The van der Waals surface area contributed by atoms with Gasteiger partial charge in [0.15, 0.2) is 0 Å². The standard InChI is InChI=1S/C21H26N4O3/c1-12-15(20(28)24-13(2)23-12)11-17(26)25-9-7-21(8-10-25)16-6-4-3-5-14(16)18(22)19(21)27/h3-6,18-19,27H,7-11,22H2,1-2H3,(H,23,24,28)/t18-,19+/m1/s1. The van der Waals surface area contributed by atoms with Gasteiger partial charge in [0.2, 0.25) is 5.91 Å². The van der Waals surface area contributed by atoms with Crippen LogP contribution in [0.15, 0.2) is 29.1 Å². The van der Waals surface area contributed by atoms with Crippen molar-refractivity contribution in [1.82, 2.24) is 14.9 Å². The summed E-state index contributed by atoms with van der Waals surface area (Å²) in [5.41, 5.74) is 8.74. The Bertz CT molecular complexity index is 976. The molecule has 0 bridgehead atoms. The van der Waals surface area contributed by atoms with E-state index >= 15 is 0 Å². The van der Waals surface area contributed by atoms with Gasteiger partial charge >= 0.3 is 0 Å². The lowest BCUT2D eigenvalue weighted by Gasteiger charge is -2.42. The first-order chi connectivity index (χ1) is 13.3. The second-order valence-electron chi connectivity index (χ2n) is 7.99. The molecule has 2 heterocycles. The molecule has 1 aromatic heterocycles. The summed E-state index contributed by atoms with van der Waals surface area (Å²) in [6.07, 6.45) is 0.715. The smallest absolute Gasteiger partial charge is 0.254 e. The Labute approximate surface area is 163 Å². The van der Waals surface area contributed by atoms with Gasteiger partial charge in [-0.1, -0.05) is 24.3 Å². The maximum Gasteiger partial charge on any atom is 0.254 e. The Kier molecular flexibility index (Phi) is 4.59. The van der Waals surface area contributed by atoms with E-state index in [1.807, 2.05) is 24.3 Å². The van der Waals surface area contributed by atoms with Crippen molar-refractivity contribution in [2.75, 3.05) is 13.1 Å². The monoisotopic (exact) mass is 382 g/mol. The highest BCUT2D eigenvalue weighted by Gasteiger charge is 2.51. The number of aromatic nitrogens is 2. The highest BCUT2D eigenvalue weighted by atomic mass is 16.3. The molecule has 7 heteroatoms. The van der Waals surface area contributed by atoms with E-state index in [1.54, 1.807) is 18.7 Å². The third-order valence-corrected chi connectivity index (χ3v) is 6.44. The van der Waals surface area contributed by atoms with Crippen LogP contribution in [0.3, 0.4) is 0 Å². The fraction of sp³-hybridized carbons (Fsp3) is 0.476. The molecule has 0 unspecified atom stereocenters. The summed E-state index contributed by atoms with van der Waals surface area (Å²) < 4.78 is 0. The lowest BCUT2D eigenvalue weighted by molar-refractivity contribution is -0.133. The largest absolute Gasteiger partial charge is 0.390 e. The summed E-state index contributed by atoms with van der Waals surface area (Å²) >= 11 is 0. The number of carbonyl (C=O) groups excluding carboxylic acids is 1. The van der Waals surface area contributed by atoms with Crippen LogP contribution >= 0.6 is 0 Å². The maximum atomic E-state index is 12.8. The lowest BCUT2D eigenvalue weighted by Crippen LogP contribution is -2.50. The zero-order chi connectivity index (χ0) is 20.1. The van der Waals surface area contributed by atoms with Crippen molar-refractivity contribution in [3.05, 3.63) is 62.8 Å². The Balaban J connectivity index is 1.51. The molecule has 1 aliphatic carbocycles. The van der Waals surface area contributed by atoms with Gasteiger partial charge < -0.3 is 20.7 Å². The zero-order valence-electron chi connectivity index (χ0n) is 16.2. The van der Waals surface area contributed by atoms with E-state index in [-0.39, 0.29) is 17.9 Å². The first-order valence-corrected chi connectivity index (χ1v) is 9.71. The first-order valence-electron chi connectivity index (χ1n) is 9.71. The molecule has 1 saturated heterocycles. The van der Waals surface area contributed by atoms with Crippen LogP contribution in [-0.2, 0) is 16.6 Å². The number of fused-ring (bicyclic) bond motifs is 2. The summed E-state index contributed by atoms with van der Waals surface area (Å²) in [6.45, 7) is 4.54. The third-order valence-electron chi connectivity index (χ3n) is 6.44. The molecule has 2 atom stereocenters. The van der Waals surface area contributed by atoms with Gasteiger partial charge in [0.05, 0.1) is 18.6 Å². The van der Waals surface area contributed by atoms with E-state index in [1.165, 1.54) is 0 Å². The van der Waals surface area contributed by atoms with E-state index in [9.17, 15) is 14.7 Å². The van der Waals surface area contributed by atoms with Crippen LogP contribution < -0.4 is 11.3 Å². The Hall–Kier alpha value is -2.51. The van der Waals surface area contributed by atoms with E-state index in [2.05, 4.69) is 9.97 Å². The number of aryl methyl sites for hydroxylation is 2. The van der Waals surface area contributed by atoms with Gasteiger partial charge in [-0.15, -0.1) is 0 Å². The number of nitrogens with two attached hydrogens (primary N) is 1. The van der Waals surface area contributed by atoms with E-state index < -0.39 is 17.6 Å². The highest BCUT2D eigenvalue weighted by molar-refractivity contribution is 5.79. The number of nitrogens with one attached hydrogen (secondary N) is 1. The molecule has 0 saturated carbocycles. The van der Waals surface area contributed by atoms with E-state index in [4.69, 9.17) is 5.73 Å². The normalized spacial score (nSPS) is 23.1. The molecule has 4 N–H and O–H groups in total. The average Bonchev–Trinajstić information content (AvgIpc) is 2.88. The maximum absolute atomic E-state index is 12.8. The number of rotatable bonds is 2. The summed E-state index contributed by atoms with van der Waals surface area (Å²) in [7, 11) is 0. The summed E-state index contributed by atoms with van der Waals surface area (Å²) in [5, 5.41) is 10.9. The Morgan fingerprint density at radius 3 is 2.68 bits per heavy atom. The number of aliphatic hydroxyl groups is 1. The number of likely N-dealkylation sites (tertiary alicyclic amines) is 1. The van der Waals surface area contributed by atoms with Crippen LogP contribution in [-0.4, -0.2) is 45.1 Å². The fourth-order valence-electron chi connectivity index (χ4n) is 4.86. The Morgan fingerprint density at radius 2 is 2.00 bits per heavy atom. The summed E-state index contributed by atoms with van der Waals surface area (Å²) in [5.74, 6) is 0.461.